The molecule has 3 rings (SSSR count). The van der Waals surface area contributed by atoms with Crippen molar-refractivity contribution in [3.8, 4) is 0 Å². The van der Waals surface area contributed by atoms with E-state index in [-0.39, 0.29) is 23.7 Å². The molecule has 0 atom stereocenters. The van der Waals surface area contributed by atoms with E-state index in [1.165, 1.54) is 12.1 Å². The van der Waals surface area contributed by atoms with Crippen LogP contribution in [-0.2, 0) is 6.54 Å². The Hall–Kier alpha value is -3.06. The van der Waals surface area contributed by atoms with Gasteiger partial charge in [-0.25, -0.2) is 18.7 Å². The number of para-hydroxylation sites is 1. The van der Waals surface area contributed by atoms with Gasteiger partial charge in [0.05, 0.1) is 0 Å². The predicted molar refractivity (Wildman–Crippen MR) is 94.3 cm³/mol. The van der Waals surface area contributed by atoms with Gasteiger partial charge in [-0.15, -0.1) is 0 Å². The molecular weight excluding hydrogens is 362 g/mol. The van der Waals surface area contributed by atoms with Crippen LogP contribution < -0.4 is 10.6 Å². The lowest BCUT2D eigenvalue weighted by Crippen LogP contribution is -2.24. The molecule has 3 aromatic rings. The molecule has 0 aliphatic carbocycles. The second-order valence-corrected chi connectivity index (χ2v) is 5.76. The highest BCUT2D eigenvalue weighted by Crippen LogP contribution is 2.22. The number of halogens is 3. The zero-order valence-corrected chi connectivity index (χ0v) is 14.1. The summed E-state index contributed by atoms with van der Waals surface area (Å²) < 4.78 is 27.4. The highest BCUT2D eigenvalue weighted by molar-refractivity contribution is 6.30. The highest BCUT2D eigenvalue weighted by atomic mass is 35.5. The van der Waals surface area contributed by atoms with Crippen LogP contribution in [0.3, 0.4) is 0 Å². The molecule has 2 N–H and O–H groups in total. The first-order chi connectivity index (χ1) is 12.5. The van der Waals surface area contributed by atoms with E-state index in [4.69, 9.17) is 11.6 Å². The summed E-state index contributed by atoms with van der Waals surface area (Å²) in [5.41, 5.74) is 0.579. The third kappa shape index (κ3) is 4.31. The van der Waals surface area contributed by atoms with Crippen molar-refractivity contribution >= 4 is 29.0 Å². The van der Waals surface area contributed by atoms with Crippen molar-refractivity contribution in [1.82, 2.24) is 15.3 Å². The molecule has 1 heterocycles. The number of aromatic nitrogens is 2. The largest absolute Gasteiger partial charge is 0.347 e. The number of benzene rings is 2. The van der Waals surface area contributed by atoms with Gasteiger partial charge in [0.2, 0.25) is 0 Å². The molecule has 0 radical (unpaired) electrons. The Morgan fingerprint density at radius 1 is 1.04 bits per heavy atom. The van der Waals surface area contributed by atoms with Crippen LogP contribution in [0, 0.1) is 11.6 Å². The van der Waals surface area contributed by atoms with Gasteiger partial charge in [0.15, 0.2) is 0 Å². The summed E-state index contributed by atoms with van der Waals surface area (Å²) >= 11 is 5.81. The Morgan fingerprint density at radius 3 is 2.42 bits per heavy atom. The van der Waals surface area contributed by atoms with Gasteiger partial charge in [-0.2, -0.15) is 0 Å². The van der Waals surface area contributed by atoms with Crippen molar-refractivity contribution < 1.29 is 13.6 Å². The lowest BCUT2D eigenvalue weighted by Gasteiger charge is -2.09. The van der Waals surface area contributed by atoms with Crippen LogP contribution in [0.25, 0.3) is 0 Å². The first-order valence-electron chi connectivity index (χ1n) is 7.58. The maximum Gasteiger partial charge on any atom is 0.270 e. The summed E-state index contributed by atoms with van der Waals surface area (Å²) in [7, 11) is 0. The van der Waals surface area contributed by atoms with Gasteiger partial charge in [0.25, 0.3) is 5.91 Å². The monoisotopic (exact) mass is 374 g/mol. The molecule has 0 unspecified atom stereocenters. The second kappa shape index (κ2) is 7.88. The smallest absolute Gasteiger partial charge is 0.270 e. The molecule has 5 nitrogen and oxygen atoms in total. The van der Waals surface area contributed by atoms with Gasteiger partial charge in [-0.05, 0) is 29.8 Å². The first kappa shape index (κ1) is 17.8. The zero-order valence-electron chi connectivity index (χ0n) is 13.3. The number of hydrogen-bond donors (Lipinski definition) is 2. The van der Waals surface area contributed by atoms with Crippen LogP contribution >= 0.6 is 11.6 Å². The van der Waals surface area contributed by atoms with Gasteiger partial charge >= 0.3 is 0 Å². The second-order valence-electron chi connectivity index (χ2n) is 5.32. The molecule has 0 saturated heterocycles. The third-order valence-electron chi connectivity index (χ3n) is 3.48. The molecule has 1 aromatic heterocycles. The van der Waals surface area contributed by atoms with Crippen molar-refractivity contribution in [2.45, 2.75) is 6.54 Å². The van der Waals surface area contributed by atoms with Crippen molar-refractivity contribution in [3.05, 3.63) is 82.8 Å². The van der Waals surface area contributed by atoms with Crippen LogP contribution in [0.5, 0.6) is 0 Å². The molecular formula is C18H13ClF2N4O. The SMILES string of the molecule is O=C(NCc1ccc(Cl)cc1)c1cc(Nc2c(F)cccc2F)ncn1. The van der Waals surface area contributed by atoms with Crippen LogP contribution in [-0.4, -0.2) is 15.9 Å². The molecule has 2 aromatic carbocycles. The molecule has 0 aliphatic rings. The van der Waals surface area contributed by atoms with Gasteiger partial charge in [-0.3, -0.25) is 4.79 Å². The van der Waals surface area contributed by atoms with Crippen LogP contribution in [0.2, 0.25) is 5.02 Å². The molecule has 8 heteroatoms. The standard InChI is InChI=1S/C18H13ClF2N4O/c19-12-6-4-11(5-7-12)9-22-18(26)15-8-16(24-10-23-15)25-17-13(20)2-1-3-14(17)21/h1-8,10H,9H2,(H,22,26)(H,23,24,25). The van der Waals surface area contributed by atoms with E-state index in [1.807, 2.05) is 0 Å². The molecule has 0 fully saturated rings. The molecule has 132 valence electrons. The van der Waals surface area contributed by atoms with Gasteiger partial charge in [0, 0.05) is 17.6 Å². The number of nitrogens with one attached hydrogen (secondary N) is 2. The van der Waals surface area contributed by atoms with Crippen molar-refractivity contribution in [2.24, 2.45) is 0 Å². The van der Waals surface area contributed by atoms with E-state index in [2.05, 4.69) is 20.6 Å². The topological polar surface area (TPSA) is 66.9 Å². The van der Waals surface area contributed by atoms with Gasteiger partial charge < -0.3 is 10.6 Å². The normalized spacial score (nSPS) is 10.4. The molecule has 1 amide bonds. The Bertz CT molecular complexity index is 914. The number of carbonyl (C=O) groups excluding carboxylic acids is 1. The Kier molecular flexibility index (Phi) is 5.38. The lowest BCUT2D eigenvalue weighted by atomic mass is 10.2. The third-order valence-corrected chi connectivity index (χ3v) is 3.73. The fourth-order valence-electron chi connectivity index (χ4n) is 2.17. The summed E-state index contributed by atoms with van der Waals surface area (Å²) in [6.45, 7) is 0.282. The molecule has 0 spiro atoms. The minimum atomic E-state index is -0.766. The Balaban J connectivity index is 1.70. The van der Waals surface area contributed by atoms with E-state index in [0.717, 1.165) is 24.0 Å². The number of rotatable bonds is 5. The van der Waals surface area contributed by atoms with E-state index in [1.54, 1.807) is 24.3 Å². The Labute approximate surface area is 153 Å². The maximum absolute atomic E-state index is 13.7. The van der Waals surface area contributed by atoms with Crippen LogP contribution in [0.1, 0.15) is 16.1 Å². The minimum Gasteiger partial charge on any atom is -0.347 e. The molecule has 0 saturated carbocycles. The number of amides is 1. The summed E-state index contributed by atoms with van der Waals surface area (Å²) in [5.74, 6) is -1.88. The number of carbonyl (C=O) groups is 1. The maximum atomic E-state index is 13.7. The van der Waals surface area contributed by atoms with E-state index < -0.39 is 17.5 Å². The van der Waals surface area contributed by atoms with Crippen molar-refractivity contribution in [1.29, 1.82) is 0 Å². The minimum absolute atomic E-state index is 0.0632. The van der Waals surface area contributed by atoms with Crippen LogP contribution in [0.15, 0.2) is 54.9 Å². The first-order valence-corrected chi connectivity index (χ1v) is 7.96. The fraction of sp³-hybridized carbons (Fsp3) is 0.0556. The van der Waals surface area contributed by atoms with Crippen molar-refractivity contribution in [2.75, 3.05) is 5.32 Å². The average Bonchev–Trinajstić information content (AvgIpc) is 2.64. The quantitative estimate of drug-likeness (QED) is 0.706. The summed E-state index contributed by atoms with van der Waals surface area (Å²) in [4.78, 5) is 20.0. The van der Waals surface area contributed by atoms with Crippen molar-refractivity contribution in [3.63, 3.8) is 0 Å². The summed E-state index contributed by atoms with van der Waals surface area (Å²) in [6, 6.07) is 11.8. The van der Waals surface area contributed by atoms with Gasteiger partial charge in [0.1, 0.15) is 35.2 Å². The summed E-state index contributed by atoms with van der Waals surface area (Å²) in [6.07, 6.45) is 1.14. The highest BCUT2D eigenvalue weighted by Gasteiger charge is 2.12. The number of hydrogen-bond acceptors (Lipinski definition) is 4. The fourth-order valence-corrected chi connectivity index (χ4v) is 2.30. The predicted octanol–water partition coefficient (Wildman–Crippen LogP) is 4.08. The zero-order chi connectivity index (χ0) is 18.5. The summed E-state index contributed by atoms with van der Waals surface area (Å²) in [5, 5.41) is 5.82. The number of nitrogens with zero attached hydrogens (tertiary/aromatic N) is 2. The average molecular weight is 375 g/mol. The lowest BCUT2D eigenvalue weighted by molar-refractivity contribution is 0.0946. The molecule has 26 heavy (non-hydrogen) atoms. The van der Waals surface area contributed by atoms with Crippen LogP contribution in [0.4, 0.5) is 20.3 Å². The number of anilines is 2. The Morgan fingerprint density at radius 2 is 1.73 bits per heavy atom. The van der Waals surface area contributed by atoms with Gasteiger partial charge in [-0.1, -0.05) is 29.8 Å². The molecule has 0 aliphatic heterocycles. The van der Waals surface area contributed by atoms with E-state index in [0.29, 0.717) is 5.02 Å². The van der Waals surface area contributed by atoms with E-state index in [9.17, 15) is 13.6 Å². The van der Waals surface area contributed by atoms with E-state index >= 15 is 0 Å². The molecule has 0 bridgehead atoms.